The van der Waals surface area contributed by atoms with E-state index >= 15 is 0 Å². The molecule has 0 aliphatic carbocycles. The molecular weight excluding hydrogens is 502 g/mol. The summed E-state index contributed by atoms with van der Waals surface area (Å²) >= 11 is 0. The van der Waals surface area contributed by atoms with Gasteiger partial charge in [-0.15, -0.1) is 0 Å². The molecule has 0 saturated heterocycles. The standard InChI is InChI=1S/C31H26F2N2O4/c32-25-14-17-28(27(33)19-25)35-31(39)34-26-15-12-22(13-16-26)21-8-10-23(11-9-21)29(36)18-24(30(37)38)7-6-20-4-2-1-3-5-20/h1-5,8-17,19,24H,6-7,18H2,(H,37,38)(H2,34,35,39)/t24-/m1/s1. The monoisotopic (exact) mass is 528 g/mol. The zero-order valence-corrected chi connectivity index (χ0v) is 20.9. The predicted molar refractivity (Wildman–Crippen MR) is 146 cm³/mol. The molecule has 4 aromatic rings. The highest BCUT2D eigenvalue weighted by atomic mass is 19.1. The number of carboxylic acids is 1. The number of carbonyl (C=O) groups excluding carboxylic acids is 2. The van der Waals surface area contributed by atoms with Crippen LogP contribution in [0.1, 0.15) is 28.8 Å². The molecule has 0 fully saturated rings. The summed E-state index contributed by atoms with van der Waals surface area (Å²) in [7, 11) is 0. The van der Waals surface area contributed by atoms with E-state index in [4.69, 9.17) is 0 Å². The highest BCUT2D eigenvalue weighted by molar-refractivity contribution is 6.00. The molecule has 0 unspecified atom stereocenters. The van der Waals surface area contributed by atoms with Gasteiger partial charge in [-0.3, -0.25) is 9.59 Å². The molecule has 0 saturated carbocycles. The normalized spacial score (nSPS) is 11.4. The second-order valence-corrected chi connectivity index (χ2v) is 9.04. The summed E-state index contributed by atoms with van der Waals surface area (Å²) in [5, 5.41) is 14.5. The highest BCUT2D eigenvalue weighted by Gasteiger charge is 2.22. The number of halogens is 2. The van der Waals surface area contributed by atoms with Crippen LogP contribution in [0, 0.1) is 17.6 Å². The van der Waals surface area contributed by atoms with Crippen molar-refractivity contribution in [3.05, 3.63) is 120 Å². The average Bonchev–Trinajstić information content (AvgIpc) is 2.93. The van der Waals surface area contributed by atoms with Crippen molar-refractivity contribution in [2.24, 2.45) is 5.92 Å². The van der Waals surface area contributed by atoms with Crippen LogP contribution in [0.2, 0.25) is 0 Å². The Balaban J connectivity index is 1.33. The maximum atomic E-state index is 13.7. The molecule has 0 spiro atoms. The molecule has 2 amide bonds. The number of carboxylic acid groups (broad SMARTS) is 1. The van der Waals surface area contributed by atoms with Crippen molar-refractivity contribution < 1.29 is 28.3 Å². The van der Waals surface area contributed by atoms with Crippen molar-refractivity contribution in [3.8, 4) is 11.1 Å². The lowest BCUT2D eigenvalue weighted by Gasteiger charge is -2.12. The molecular formula is C31H26F2N2O4. The van der Waals surface area contributed by atoms with Gasteiger partial charge in [0, 0.05) is 23.7 Å². The molecule has 4 rings (SSSR count). The van der Waals surface area contributed by atoms with Crippen LogP contribution in [0.4, 0.5) is 25.0 Å². The summed E-state index contributed by atoms with van der Waals surface area (Å²) in [6, 6.07) is 25.5. The van der Waals surface area contributed by atoms with Gasteiger partial charge < -0.3 is 15.7 Å². The van der Waals surface area contributed by atoms with Crippen molar-refractivity contribution in [1.82, 2.24) is 0 Å². The fourth-order valence-electron chi connectivity index (χ4n) is 4.11. The summed E-state index contributed by atoms with van der Waals surface area (Å²) in [6.45, 7) is 0. The number of aryl methyl sites for hydroxylation is 1. The van der Waals surface area contributed by atoms with E-state index in [0.29, 0.717) is 30.2 Å². The molecule has 8 heteroatoms. The third-order valence-electron chi connectivity index (χ3n) is 6.27. The van der Waals surface area contributed by atoms with Crippen LogP contribution >= 0.6 is 0 Å². The highest BCUT2D eigenvalue weighted by Crippen LogP contribution is 2.24. The van der Waals surface area contributed by atoms with Crippen LogP contribution in [0.25, 0.3) is 11.1 Å². The Morgan fingerprint density at radius 3 is 2.03 bits per heavy atom. The number of hydrogen-bond donors (Lipinski definition) is 3. The van der Waals surface area contributed by atoms with Gasteiger partial charge in [0.2, 0.25) is 0 Å². The zero-order chi connectivity index (χ0) is 27.8. The van der Waals surface area contributed by atoms with Gasteiger partial charge in [-0.05, 0) is 53.8 Å². The number of nitrogens with one attached hydrogen (secondary N) is 2. The average molecular weight is 529 g/mol. The van der Waals surface area contributed by atoms with Gasteiger partial charge in [0.15, 0.2) is 5.78 Å². The smallest absolute Gasteiger partial charge is 0.323 e. The fraction of sp³-hybridized carbons (Fsp3) is 0.129. The third kappa shape index (κ3) is 7.58. The molecule has 198 valence electrons. The van der Waals surface area contributed by atoms with Crippen molar-refractivity contribution in [3.63, 3.8) is 0 Å². The van der Waals surface area contributed by atoms with E-state index in [9.17, 15) is 28.3 Å². The lowest BCUT2D eigenvalue weighted by molar-refractivity contribution is -0.141. The minimum Gasteiger partial charge on any atom is -0.481 e. The van der Waals surface area contributed by atoms with Gasteiger partial charge in [0.05, 0.1) is 11.6 Å². The van der Waals surface area contributed by atoms with Crippen LogP contribution in [0.15, 0.2) is 97.1 Å². The molecule has 0 bridgehead atoms. The number of benzene rings is 4. The molecule has 1 atom stereocenters. The van der Waals surface area contributed by atoms with E-state index in [0.717, 1.165) is 28.8 Å². The first-order chi connectivity index (χ1) is 18.8. The first-order valence-corrected chi connectivity index (χ1v) is 12.3. The minimum absolute atomic E-state index is 0.0776. The Kier molecular flexibility index (Phi) is 8.78. The fourth-order valence-corrected chi connectivity index (χ4v) is 4.11. The van der Waals surface area contributed by atoms with E-state index in [1.807, 2.05) is 30.3 Å². The minimum atomic E-state index is -0.985. The lowest BCUT2D eigenvalue weighted by Crippen LogP contribution is -2.20. The zero-order valence-electron chi connectivity index (χ0n) is 20.9. The maximum absolute atomic E-state index is 13.7. The lowest BCUT2D eigenvalue weighted by atomic mass is 9.92. The van der Waals surface area contributed by atoms with Crippen molar-refractivity contribution in [2.75, 3.05) is 10.6 Å². The number of urea groups is 1. The first-order valence-electron chi connectivity index (χ1n) is 12.3. The number of amides is 2. The Bertz CT molecular complexity index is 1460. The first kappa shape index (κ1) is 27.2. The van der Waals surface area contributed by atoms with Crippen LogP contribution in [-0.2, 0) is 11.2 Å². The van der Waals surface area contributed by atoms with Crippen molar-refractivity contribution in [1.29, 1.82) is 0 Å². The van der Waals surface area contributed by atoms with Crippen LogP contribution in [-0.4, -0.2) is 22.9 Å². The molecule has 39 heavy (non-hydrogen) atoms. The SMILES string of the molecule is O=C(Nc1ccc(-c2ccc(C(=O)C[C@@H](CCc3ccccc3)C(=O)O)cc2)cc1)Nc1ccc(F)cc1F. The van der Waals surface area contributed by atoms with E-state index in [1.54, 1.807) is 48.5 Å². The van der Waals surface area contributed by atoms with E-state index in [-0.39, 0.29) is 17.9 Å². The van der Waals surface area contributed by atoms with Crippen LogP contribution < -0.4 is 10.6 Å². The largest absolute Gasteiger partial charge is 0.481 e. The van der Waals surface area contributed by atoms with Gasteiger partial charge >= 0.3 is 12.0 Å². The molecule has 0 aliphatic heterocycles. The third-order valence-corrected chi connectivity index (χ3v) is 6.27. The Morgan fingerprint density at radius 1 is 0.769 bits per heavy atom. The topological polar surface area (TPSA) is 95.5 Å². The van der Waals surface area contributed by atoms with E-state index in [2.05, 4.69) is 10.6 Å². The number of carbonyl (C=O) groups is 3. The summed E-state index contributed by atoms with van der Waals surface area (Å²) in [6.07, 6.45) is 0.881. The van der Waals surface area contributed by atoms with Crippen LogP contribution in [0.3, 0.4) is 0 Å². The maximum Gasteiger partial charge on any atom is 0.323 e. The second kappa shape index (κ2) is 12.6. The molecule has 6 nitrogen and oxygen atoms in total. The van der Waals surface area contributed by atoms with Crippen LogP contribution in [0.5, 0.6) is 0 Å². The second-order valence-electron chi connectivity index (χ2n) is 9.04. The Labute approximate surface area is 224 Å². The van der Waals surface area contributed by atoms with E-state index in [1.165, 1.54) is 0 Å². The van der Waals surface area contributed by atoms with Gasteiger partial charge in [0.25, 0.3) is 0 Å². The number of Topliss-reactive ketones (excluding diaryl/α,β-unsaturated/α-hetero) is 1. The molecule has 0 radical (unpaired) electrons. The van der Waals surface area contributed by atoms with Crippen molar-refractivity contribution >= 4 is 29.2 Å². The molecule has 0 aliphatic rings. The van der Waals surface area contributed by atoms with Gasteiger partial charge in [-0.1, -0.05) is 66.7 Å². The number of anilines is 2. The number of ketones is 1. The van der Waals surface area contributed by atoms with Crippen molar-refractivity contribution in [2.45, 2.75) is 19.3 Å². The predicted octanol–water partition coefficient (Wildman–Crippen LogP) is 7.18. The van der Waals surface area contributed by atoms with Gasteiger partial charge in [-0.2, -0.15) is 0 Å². The number of aliphatic carboxylic acids is 1. The summed E-state index contributed by atoms with van der Waals surface area (Å²) in [4.78, 5) is 36.7. The quantitative estimate of drug-likeness (QED) is 0.190. The Hall–Kier alpha value is -4.85. The van der Waals surface area contributed by atoms with Gasteiger partial charge in [0.1, 0.15) is 11.6 Å². The summed E-state index contributed by atoms with van der Waals surface area (Å²) < 4.78 is 26.8. The summed E-state index contributed by atoms with van der Waals surface area (Å²) in [5.74, 6) is -3.61. The Morgan fingerprint density at radius 2 is 1.41 bits per heavy atom. The number of hydrogen-bond acceptors (Lipinski definition) is 3. The molecule has 3 N–H and O–H groups in total. The van der Waals surface area contributed by atoms with Gasteiger partial charge in [-0.25, -0.2) is 13.6 Å². The van der Waals surface area contributed by atoms with E-state index < -0.39 is 29.6 Å². The summed E-state index contributed by atoms with van der Waals surface area (Å²) in [5.41, 5.74) is 3.44. The molecule has 0 aromatic heterocycles. The molecule has 0 heterocycles. The number of rotatable bonds is 10. The molecule has 4 aromatic carbocycles.